The molecule has 0 bridgehead atoms. The van der Waals surface area contributed by atoms with Gasteiger partial charge in [0, 0.05) is 57.1 Å². The van der Waals surface area contributed by atoms with Crippen LogP contribution in [0.15, 0.2) is 12.4 Å². The number of imidazole rings is 1. The predicted molar refractivity (Wildman–Crippen MR) is 90.5 cm³/mol. The van der Waals surface area contributed by atoms with Crippen molar-refractivity contribution in [2.24, 2.45) is 0 Å². The Kier molecular flexibility index (Phi) is 5.33. The van der Waals surface area contributed by atoms with E-state index in [0.717, 1.165) is 45.7 Å². The van der Waals surface area contributed by atoms with E-state index in [1.54, 1.807) is 0 Å². The van der Waals surface area contributed by atoms with Gasteiger partial charge in [-0.15, -0.1) is 0 Å². The van der Waals surface area contributed by atoms with Gasteiger partial charge in [0.25, 0.3) is 0 Å². The number of piperidine rings is 1. The van der Waals surface area contributed by atoms with Crippen molar-refractivity contribution in [3.05, 3.63) is 18.2 Å². The summed E-state index contributed by atoms with van der Waals surface area (Å²) in [7, 11) is 0. The van der Waals surface area contributed by atoms with Crippen LogP contribution in [0.4, 0.5) is 0 Å². The van der Waals surface area contributed by atoms with Crippen LogP contribution in [0.3, 0.4) is 0 Å². The first-order valence-electron chi connectivity index (χ1n) is 8.88. The lowest BCUT2D eigenvalue weighted by molar-refractivity contribution is -0.133. The minimum atomic E-state index is 0.277. The number of rotatable bonds is 4. The topological polar surface area (TPSA) is 53.4 Å². The number of nitrogens with zero attached hydrogens (tertiary/aromatic N) is 4. The molecule has 0 aromatic carbocycles. The van der Waals surface area contributed by atoms with Gasteiger partial charge in [-0.3, -0.25) is 9.69 Å². The zero-order valence-corrected chi connectivity index (χ0v) is 14.4. The minimum absolute atomic E-state index is 0.277. The highest BCUT2D eigenvalue weighted by Crippen LogP contribution is 2.27. The molecule has 1 aromatic heterocycles. The molecule has 1 amide bonds. The van der Waals surface area contributed by atoms with E-state index in [1.165, 1.54) is 12.2 Å². The van der Waals surface area contributed by atoms with Crippen LogP contribution in [-0.4, -0.2) is 71.1 Å². The van der Waals surface area contributed by atoms with Crippen LogP contribution in [0.5, 0.6) is 0 Å². The molecular weight excluding hydrogens is 290 g/mol. The molecule has 0 radical (unpaired) electrons. The molecule has 3 heterocycles. The Morgan fingerprint density at radius 2 is 2.13 bits per heavy atom. The second-order valence-corrected chi connectivity index (χ2v) is 6.99. The van der Waals surface area contributed by atoms with E-state index < -0.39 is 0 Å². The maximum absolute atomic E-state index is 12.5. The predicted octanol–water partition coefficient (Wildman–Crippen LogP) is 1.08. The maximum atomic E-state index is 12.5. The average Bonchev–Trinajstić information content (AvgIpc) is 3.06. The molecule has 0 aliphatic carbocycles. The summed E-state index contributed by atoms with van der Waals surface area (Å²) in [5.41, 5.74) is 0. The lowest BCUT2D eigenvalue weighted by Gasteiger charge is -2.35. The summed E-state index contributed by atoms with van der Waals surface area (Å²) in [6.45, 7) is 10.4. The maximum Gasteiger partial charge on any atom is 0.236 e. The quantitative estimate of drug-likeness (QED) is 0.902. The van der Waals surface area contributed by atoms with Crippen molar-refractivity contribution < 1.29 is 4.79 Å². The molecule has 6 nitrogen and oxygen atoms in total. The number of carbonyl (C=O) groups excluding carboxylic acids is 1. The fourth-order valence-electron chi connectivity index (χ4n) is 3.69. The van der Waals surface area contributed by atoms with Crippen molar-refractivity contribution >= 4 is 5.91 Å². The van der Waals surface area contributed by atoms with Crippen LogP contribution in [0.25, 0.3) is 0 Å². The van der Waals surface area contributed by atoms with Crippen LogP contribution in [0.2, 0.25) is 0 Å². The van der Waals surface area contributed by atoms with Crippen molar-refractivity contribution in [2.45, 2.75) is 38.6 Å². The number of amides is 1. The summed E-state index contributed by atoms with van der Waals surface area (Å²) in [6, 6.07) is 0.436. The molecular formula is C17H29N5O. The van der Waals surface area contributed by atoms with E-state index in [9.17, 15) is 4.79 Å². The van der Waals surface area contributed by atoms with Gasteiger partial charge in [-0.1, -0.05) is 0 Å². The fraction of sp³-hybridized carbons (Fsp3) is 0.765. The third-order valence-corrected chi connectivity index (χ3v) is 4.95. The van der Waals surface area contributed by atoms with Gasteiger partial charge in [-0.2, -0.15) is 0 Å². The Balaban J connectivity index is 1.59. The zero-order chi connectivity index (χ0) is 16.2. The van der Waals surface area contributed by atoms with Gasteiger partial charge in [0.2, 0.25) is 5.91 Å². The first kappa shape index (κ1) is 16.5. The van der Waals surface area contributed by atoms with Gasteiger partial charge >= 0.3 is 0 Å². The van der Waals surface area contributed by atoms with Crippen molar-refractivity contribution in [2.75, 3.05) is 45.8 Å². The molecule has 128 valence electrons. The van der Waals surface area contributed by atoms with Crippen molar-refractivity contribution in [3.8, 4) is 0 Å². The van der Waals surface area contributed by atoms with E-state index in [0.29, 0.717) is 18.5 Å². The number of aromatic nitrogens is 2. The molecule has 0 unspecified atom stereocenters. The Bertz CT molecular complexity index is 521. The number of hydrogen-bond acceptors (Lipinski definition) is 4. The molecule has 23 heavy (non-hydrogen) atoms. The van der Waals surface area contributed by atoms with Crippen molar-refractivity contribution in [1.82, 2.24) is 24.7 Å². The van der Waals surface area contributed by atoms with Crippen LogP contribution < -0.4 is 5.32 Å². The summed E-state index contributed by atoms with van der Waals surface area (Å²) in [5.74, 6) is 1.90. The van der Waals surface area contributed by atoms with E-state index >= 15 is 0 Å². The van der Waals surface area contributed by atoms with Gasteiger partial charge in [-0.05, 0) is 33.2 Å². The lowest BCUT2D eigenvalue weighted by Crippen LogP contribution is -2.50. The van der Waals surface area contributed by atoms with Gasteiger partial charge in [0.1, 0.15) is 5.82 Å². The molecule has 1 aromatic rings. The molecule has 0 spiro atoms. The number of nitrogens with one attached hydrogen (secondary N) is 1. The second kappa shape index (κ2) is 7.45. The van der Waals surface area contributed by atoms with Crippen LogP contribution in [0, 0.1) is 0 Å². The first-order chi connectivity index (χ1) is 11.1. The second-order valence-electron chi connectivity index (χ2n) is 6.99. The van der Waals surface area contributed by atoms with Crippen LogP contribution >= 0.6 is 0 Å². The lowest BCUT2D eigenvalue weighted by atomic mass is 9.97. The number of hydrogen-bond donors (Lipinski definition) is 1. The third-order valence-electron chi connectivity index (χ3n) is 4.95. The summed E-state index contributed by atoms with van der Waals surface area (Å²) < 4.78 is 2.27. The summed E-state index contributed by atoms with van der Waals surface area (Å²) >= 11 is 0. The Morgan fingerprint density at radius 3 is 2.87 bits per heavy atom. The van der Waals surface area contributed by atoms with Gasteiger partial charge < -0.3 is 14.8 Å². The molecule has 2 fully saturated rings. The van der Waals surface area contributed by atoms with E-state index in [-0.39, 0.29) is 5.91 Å². The number of carbonyl (C=O) groups is 1. The summed E-state index contributed by atoms with van der Waals surface area (Å²) in [5, 5.41) is 3.30. The fourth-order valence-corrected chi connectivity index (χ4v) is 3.69. The standard InChI is InChI=1S/C17H29N5O/c1-14(2)22-11-7-19-17(22)15-4-3-8-20(12-15)13-16(23)21-9-5-18-6-10-21/h7,11,14-15,18H,3-6,8-10,12-13H2,1-2H3/t15-/m0/s1. The van der Waals surface area contributed by atoms with E-state index in [4.69, 9.17) is 0 Å². The zero-order valence-electron chi connectivity index (χ0n) is 14.4. The largest absolute Gasteiger partial charge is 0.339 e. The monoisotopic (exact) mass is 319 g/mol. The molecule has 1 N–H and O–H groups in total. The average molecular weight is 319 g/mol. The van der Waals surface area contributed by atoms with Crippen LogP contribution in [0.1, 0.15) is 44.5 Å². The van der Waals surface area contributed by atoms with Gasteiger partial charge in [0.05, 0.1) is 6.54 Å². The highest BCUT2D eigenvalue weighted by molar-refractivity contribution is 5.78. The first-order valence-corrected chi connectivity index (χ1v) is 8.88. The smallest absolute Gasteiger partial charge is 0.236 e. The molecule has 1 atom stereocenters. The highest BCUT2D eigenvalue weighted by atomic mass is 16.2. The van der Waals surface area contributed by atoms with Gasteiger partial charge in [0.15, 0.2) is 0 Å². The van der Waals surface area contributed by atoms with Crippen LogP contribution in [-0.2, 0) is 4.79 Å². The Labute approximate surface area is 138 Å². The third kappa shape index (κ3) is 3.93. The molecule has 2 aliphatic heterocycles. The minimum Gasteiger partial charge on any atom is -0.339 e. The Hall–Kier alpha value is -1.40. The molecule has 0 saturated carbocycles. The molecule has 6 heteroatoms. The summed E-state index contributed by atoms with van der Waals surface area (Å²) in [4.78, 5) is 21.4. The van der Waals surface area contributed by atoms with E-state index in [2.05, 4.69) is 39.8 Å². The number of likely N-dealkylation sites (tertiary alicyclic amines) is 1. The number of piperazine rings is 1. The van der Waals surface area contributed by atoms with Crippen molar-refractivity contribution in [3.63, 3.8) is 0 Å². The van der Waals surface area contributed by atoms with E-state index in [1.807, 2.05) is 11.1 Å². The molecule has 2 aliphatic rings. The molecule has 2 saturated heterocycles. The Morgan fingerprint density at radius 1 is 1.35 bits per heavy atom. The summed E-state index contributed by atoms with van der Waals surface area (Å²) in [6.07, 6.45) is 6.29. The molecule has 3 rings (SSSR count). The van der Waals surface area contributed by atoms with Crippen molar-refractivity contribution in [1.29, 1.82) is 0 Å². The highest BCUT2D eigenvalue weighted by Gasteiger charge is 2.27. The SMILES string of the molecule is CC(C)n1ccnc1[C@H]1CCCN(CC(=O)N2CCNCC2)C1. The van der Waals surface area contributed by atoms with Gasteiger partial charge in [-0.25, -0.2) is 4.98 Å². The normalized spacial score (nSPS) is 23.4.